The van der Waals surface area contributed by atoms with E-state index in [1.807, 2.05) is 37.3 Å². The lowest BCUT2D eigenvalue weighted by molar-refractivity contribution is 0.0690. The number of aromatic carboxylic acids is 1. The molecule has 1 aromatic heterocycles. The average molecular weight is 233 g/mol. The fourth-order valence-electron chi connectivity index (χ4n) is 1.62. The SMILES string of the molecule is C[C@H](c1ccccc1)c1scnc1C(=O)O. The maximum absolute atomic E-state index is 11.0. The van der Waals surface area contributed by atoms with Crippen LogP contribution < -0.4 is 0 Å². The largest absolute Gasteiger partial charge is 0.476 e. The van der Waals surface area contributed by atoms with E-state index in [1.165, 1.54) is 11.3 Å². The summed E-state index contributed by atoms with van der Waals surface area (Å²) in [4.78, 5) is 15.6. The summed E-state index contributed by atoms with van der Waals surface area (Å²) >= 11 is 1.39. The first-order chi connectivity index (χ1) is 7.70. The zero-order valence-electron chi connectivity index (χ0n) is 8.75. The number of carbonyl (C=O) groups is 1. The van der Waals surface area contributed by atoms with Gasteiger partial charge < -0.3 is 5.11 Å². The Morgan fingerprint density at radius 3 is 2.69 bits per heavy atom. The van der Waals surface area contributed by atoms with Crippen LogP contribution in [0.4, 0.5) is 0 Å². The Balaban J connectivity index is 2.38. The molecule has 0 aliphatic heterocycles. The Morgan fingerprint density at radius 1 is 1.38 bits per heavy atom. The second-order valence-corrected chi connectivity index (χ2v) is 4.39. The number of benzene rings is 1. The highest BCUT2D eigenvalue weighted by atomic mass is 32.1. The summed E-state index contributed by atoms with van der Waals surface area (Å²) in [5, 5.41) is 8.99. The van der Waals surface area contributed by atoms with E-state index in [4.69, 9.17) is 5.11 Å². The van der Waals surface area contributed by atoms with Gasteiger partial charge in [-0.1, -0.05) is 37.3 Å². The summed E-state index contributed by atoms with van der Waals surface area (Å²) in [6.45, 7) is 2.00. The molecule has 1 N–H and O–H groups in total. The second-order valence-electron chi connectivity index (χ2n) is 3.50. The lowest BCUT2D eigenvalue weighted by Crippen LogP contribution is -2.04. The van der Waals surface area contributed by atoms with E-state index >= 15 is 0 Å². The van der Waals surface area contributed by atoms with E-state index in [-0.39, 0.29) is 11.6 Å². The van der Waals surface area contributed by atoms with Crippen molar-refractivity contribution >= 4 is 17.3 Å². The molecule has 3 nitrogen and oxygen atoms in total. The summed E-state index contributed by atoms with van der Waals surface area (Å²) in [5.74, 6) is -0.890. The van der Waals surface area contributed by atoms with E-state index in [0.29, 0.717) is 0 Å². The molecule has 0 aliphatic rings. The van der Waals surface area contributed by atoms with Crippen LogP contribution in [0.2, 0.25) is 0 Å². The molecule has 2 aromatic rings. The van der Waals surface area contributed by atoms with Crippen LogP contribution in [0.3, 0.4) is 0 Å². The fourth-order valence-corrected chi connectivity index (χ4v) is 2.48. The van der Waals surface area contributed by atoms with Crippen molar-refractivity contribution in [1.29, 1.82) is 0 Å². The van der Waals surface area contributed by atoms with Crippen LogP contribution >= 0.6 is 11.3 Å². The highest BCUT2D eigenvalue weighted by Crippen LogP contribution is 2.29. The van der Waals surface area contributed by atoms with Gasteiger partial charge >= 0.3 is 5.97 Å². The smallest absolute Gasteiger partial charge is 0.355 e. The maximum atomic E-state index is 11.0. The zero-order valence-corrected chi connectivity index (χ0v) is 9.57. The van der Waals surface area contributed by atoms with Crippen molar-refractivity contribution < 1.29 is 9.90 Å². The molecule has 1 heterocycles. The average Bonchev–Trinajstić information content (AvgIpc) is 2.78. The predicted molar refractivity (Wildman–Crippen MR) is 63.0 cm³/mol. The third-order valence-electron chi connectivity index (χ3n) is 2.49. The molecule has 1 atom stereocenters. The number of carboxylic acids is 1. The zero-order chi connectivity index (χ0) is 11.5. The minimum Gasteiger partial charge on any atom is -0.476 e. The second kappa shape index (κ2) is 4.45. The number of hydrogen-bond donors (Lipinski definition) is 1. The van der Waals surface area contributed by atoms with Crippen molar-refractivity contribution in [1.82, 2.24) is 4.98 Å². The fraction of sp³-hybridized carbons (Fsp3) is 0.167. The van der Waals surface area contributed by atoms with Gasteiger partial charge in [-0.05, 0) is 5.56 Å². The molecule has 0 saturated carbocycles. The van der Waals surface area contributed by atoms with Crippen LogP contribution in [0.25, 0.3) is 0 Å². The van der Waals surface area contributed by atoms with Crippen LogP contribution in [0.5, 0.6) is 0 Å². The molecule has 2 rings (SSSR count). The van der Waals surface area contributed by atoms with E-state index in [9.17, 15) is 4.79 Å². The Morgan fingerprint density at radius 2 is 2.06 bits per heavy atom. The molecule has 0 amide bonds. The minimum absolute atomic E-state index is 0.0693. The molecule has 0 radical (unpaired) electrons. The van der Waals surface area contributed by atoms with Gasteiger partial charge in [-0.15, -0.1) is 11.3 Å². The van der Waals surface area contributed by atoms with E-state index < -0.39 is 5.97 Å². The molecular weight excluding hydrogens is 222 g/mol. The van der Waals surface area contributed by atoms with Crippen molar-refractivity contribution in [3.63, 3.8) is 0 Å². The van der Waals surface area contributed by atoms with E-state index in [2.05, 4.69) is 4.98 Å². The molecule has 0 bridgehead atoms. The number of rotatable bonds is 3. The highest BCUT2D eigenvalue weighted by molar-refractivity contribution is 7.10. The monoisotopic (exact) mass is 233 g/mol. The summed E-state index contributed by atoms with van der Waals surface area (Å²) < 4.78 is 0. The third-order valence-corrected chi connectivity index (χ3v) is 3.50. The molecule has 4 heteroatoms. The molecule has 0 unspecified atom stereocenters. The molecule has 0 saturated heterocycles. The van der Waals surface area contributed by atoms with Crippen LogP contribution in [0.1, 0.15) is 33.8 Å². The van der Waals surface area contributed by atoms with Crippen LogP contribution in [-0.4, -0.2) is 16.1 Å². The summed E-state index contributed by atoms with van der Waals surface area (Å²) in [7, 11) is 0. The van der Waals surface area contributed by atoms with Gasteiger partial charge in [0.05, 0.1) is 5.51 Å². The maximum Gasteiger partial charge on any atom is 0.355 e. The van der Waals surface area contributed by atoms with Crippen molar-refractivity contribution in [2.75, 3.05) is 0 Å². The molecule has 0 fully saturated rings. The standard InChI is InChI=1S/C12H11NO2S/c1-8(9-5-3-2-4-6-9)11-10(12(14)15)13-7-16-11/h2-8H,1H3,(H,14,15)/t8-/m1/s1. The number of thiazole rings is 1. The van der Waals surface area contributed by atoms with Crippen molar-refractivity contribution in [3.8, 4) is 0 Å². The number of carboxylic acid groups (broad SMARTS) is 1. The van der Waals surface area contributed by atoms with Crippen LogP contribution in [0.15, 0.2) is 35.8 Å². The first-order valence-corrected chi connectivity index (χ1v) is 5.79. The Hall–Kier alpha value is -1.68. The third kappa shape index (κ3) is 1.97. The molecule has 1 aromatic carbocycles. The number of hydrogen-bond acceptors (Lipinski definition) is 3. The highest BCUT2D eigenvalue weighted by Gasteiger charge is 2.19. The van der Waals surface area contributed by atoms with Crippen molar-refractivity contribution in [2.45, 2.75) is 12.8 Å². The van der Waals surface area contributed by atoms with Crippen molar-refractivity contribution in [2.24, 2.45) is 0 Å². The molecular formula is C12H11NO2S. The van der Waals surface area contributed by atoms with Gasteiger partial charge in [0.2, 0.25) is 0 Å². The molecule has 0 aliphatic carbocycles. The summed E-state index contributed by atoms with van der Waals surface area (Å²) in [5.41, 5.74) is 2.86. The molecule has 16 heavy (non-hydrogen) atoms. The summed E-state index contributed by atoms with van der Waals surface area (Å²) in [6.07, 6.45) is 0. The quantitative estimate of drug-likeness (QED) is 0.886. The van der Waals surface area contributed by atoms with Gasteiger partial charge in [0.1, 0.15) is 0 Å². The predicted octanol–water partition coefficient (Wildman–Crippen LogP) is 2.99. The van der Waals surface area contributed by atoms with Gasteiger partial charge in [-0.2, -0.15) is 0 Å². The first-order valence-electron chi connectivity index (χ1n) is 4.91. The first kappa shape index (κ1) is 10.8. The van der Waals surface area contributed by atoms with Gasteiger partial charge in [0.15, 0.2) is 5.69 Å². The normalized spacial score (nSPS) is 12.3. The Labute approximate surface area is 97.4 Å². The lowest BCUT2D eigenvalue weighted by atomic mass is 9.98. The van der Waals surface area contributed by atoms with Gasteiger partial charge in [0, 0.05) is 10.8 Å². The summed E-state index contributed by atoms with van der Waals surface area (Å²) in [6, 6.07) is 9.84. The van der Waals surface area contributed by atoms with E-state index in [0.717, 1.165) is 10.4 Å². The lowest BCUT2D eigenvalue weighted by Gasteiger charge is -2.09. The Kier molecular flexibility index (Phi) is 3.01. The number of nitrogens with zero attached hydrogens (tertiary/aromatic N) is 1. The molecule has 82 valence electrons. The van der Waals surface area contributed by atoms with Crippen LogP contribution in [-0.2, 0) is 0 Å². The number of aromatic nitrogens is 1. The van der Waals surface area contributed by atoms with Crippen LogP contribution in [0, 0.1) is 0 Å². The van der Waals surface area contributed by atoms with Crippen molar-refractivity contribution in [3.05, 3.63) is 52.0 Å². The van der Waals surface area contributed by atoms with E-state index in [1.54, 1.807) is 5.51 Å². The van der Waals surface area contributed by atoms with Gasteiger partial charge in [-0.25, -0.2) is 9.78 Å². The topological polar surface area (TPSA) is 50.2 Å². The van der Waals surface area contributed by atoms with Gasteiger partial charge in [-0.3, -0.25) is 0 Å². The van der Waals surface area contributed by atoms with Gasteiger partial charge in [0.25, 0.3) is 0 Å². The Bertz CT molecular complexity index is 493. The minimum atomic E-state index is -0.959. The molecule has 0 spiro atoms.